The van der Waals surface area contributed by atoms with E-state index in [1.165, 1.54) is 13.8 Å². The van der Waals surface area contributed by atoms with Crippen molar-refractivity contribution in [1.29, 1.82) is 0 Å². The minimum absolute atomic E-state index is 0.329. The normalized spacial score (nSPS) is 20.9. The highest BCUT2D eigenvalue weighted by Crippen LogP contribution is 2.39. The molecule has 4 nitrogen and oxygen atoms in total. The van der Waals surface area contributed by atoms with Gasteiger partial charge in [0.15, 0.2) is 0 Å². The van der Waals surface area contributed by atoms with E-state index in [-0.39, 0.29) is 24.1 Å². The summed E-state index contributed by atoms with van der Waals surface area (Å²) in [7, 11) is 0. The van der Waals surface area contributed by atoms with E-state index >= 15 is 0 Å². The second kappa shape index (κ2) is 6.03. The Labute approximate surface area is 103 Å². The van der Waals surface area contributed by atoms with Crippen LogP contribution in [0.2, 0.25) is 0 Å². The first kappa shape index (κ1) is 14.0. The van der Waals surface area contributed by atoms with Crippen molar-refractivity contribution < 1.29 is 19.1 Å². The number of carbonyl (C=O) groups is 2. The second-order valence-corrected chi connectivity index (χ2v) is 3.94. The van der Waals surface area contributed by atoms with Gasteiger partial charge in [0, 0.05) is 25.7 Å². The number of hydrogen-bond donors (Lipinski definition) is 0. The van der Waals surface area contributed by atoms with Gasteiger partial charge < -0.3 is 9.47 Å². The molecule has 2 atom stereocenters. The van der Waals surface area contributed by atoms with Crippen molar-refractivity contribution in [1.82, 2.24) is 0 Å². The maximum atomic E-state index is 10.9. The van der Waals surface area contributed by atoms with Crippen LogP contribution in [-0.2, 0) is 19.1 Å². The fraction of sp³-hybridized carbons (Fsp3) is 0.462. The summed E-state index contributed by atoms with van der Waals surface area (Å²) >= 11 is 0. The molecule has 0 bridgehead atoms. The van der Waals surface area contributed by atoms with E-state index < -0.39 is 0 Å². The van der Waals surface area contributed by atoms with E-state index in [1.54, 1.807) is 13.8 Å². The van der Waals surface area contributed by atoms with E-state index in [9.17, 15) is 9.59 Å². The number of rotatable bonds is 4. The molecule has 0 aliphatic heterocycles. The van der Waals surface area contributed by atoms with Crippen LogP contribution in [0, 0.1) is 31.1 Å². The van der Waals surface area contributed by atoms with E-state index in [4.69, 9.17) is 9.47 Å². The lowest BCUT2D eigenvalue weighted by Crippen LogP contribution is -2.30. The molecule has 0 aromatic rings. The molecule has 0 unspecified atom stereocenters. The number of carbonyl (C=O) groups excluding carboxylic acids is 2. The standard InChI is InChI=1S/C13H17O4/c1-8(16-10(3)14)12-6-5-7-13(12)9(2)17-11(4)15/h5-9H,1-4H3/t8-,9-/m0/s1. The average molecular weight is 237 g/mol. The van der Waals surface area contributed by atoms with Gasteiger partial charge in [-0.05, 0) is 33.1 Å². The Balaban J connectivity index is 2.59. The van der Waals surface area contributed by atoms with Gasteiger partial charge >= 0.3 is 11.9 Å². The summed E-state index contributed by atoms with van der Waals surface area (Å²) < 4.78 is 10.2. The van der Waals surface area contributed by atoms with Crippen LogP contribution in [0.1, 0.15) is 27.7 Å². The second-order valence-electron chi connectivity index (χ2n) is 3.94. The van der Waals surface area contributed by atoms with Crippen molar-refractivity contribution >= 4 is 11.9 Å². The summed E-state index contributed by atoms with van der Waals surface area (Å²) in [6.45, 7) is 6.32. The number of hydrogen-bond acceptors (Lipinski definition) is 4. The molecule has 1 fully saturated rings. The number of ether oxygens (including phenoxy) is 2. The van der Waals surface area contributed by atoms with Crippen LogP contribution < -0.4 is 0 Å². The predicted octanol–water partition coefficient (Wildman–Crippen LogP) is 1.67. The van der Waals surface area contributed by atoms with Crippen molar-refractivity contribution in [3.05, 3.63) is 31.1 Å². The molecule has 0 spiro atoms. The lowest BCUT2D eigenvalue weighted by molar-refractivity contribution is -0.147. The van der Waals surface area contributed by atoms with Gasteiger partial charge in [-0.15, -0.1) is 0 Å². The van der Waals surface area contributed by atoms with E-state index in [0.717, 1.165) is 11.8 Å². The van der Waals surface area contributed by atoms with Crippen molar-refractivity contribution in [2.45, 2.75) is 39.9 Å². The zero-order valence-electron chi connectivity index (χ0n) is 10.5. The zero-order valence-corrected chi connectivity index (χ0v) is 10.5. The van der Waals surface area contributed by atoms with Crippen molar-refractivity contribution in [3.8, 4) is 0 Å². The van der Waals surface area contributed by atoms with Gasteiger partial charge in [0.1, 0.15) is 12.2 Å². The van der Waals surface area contributed by atoms with Gasteiger partial charge in [-0.1, -0.05) is 0 Å². The third-order valence-corrected chi connectivity index (χ3v) is 2.45. The van der Waals surface area contributed by atoms with Gasteiger partial charge in [-0.2, -0.15) is 0 Å². The fourth-order valence-corrected chi connectivity index (χ4v) is 1.81. The summed E-state index contributed by atoms with van der Waals surface area (Å²) in [5, 5.41) is 0. The van der Waals surface area contributed by atoms with E-state index in [0.29, 0.717) is 0 Å². The molecule has 1 rings (SSSR count). The van der Waals surface area contributed by atoms with Crippen LogP contribution in [0.25, 0.3) is 0 Å². The number of esters is 2. The first-order chi connectivity index (χ1) is 7.91. The minimum Gasteiger partial charge on any atom is -0.462 e. The summed E-state index contributed by atoms with van der Waals surface area (Å²) in [5.41, 5.74) is 0. The lowest BCUT2D eigenvalue weighted by atomic mass is 9.87. The Morgan fingerprint density at radius 2 is 1.29 bits per heavy atom. The van der Waals surface area contributed by atoms with E-state index in [2.05, 4.69) is 0 Å². The van der Waals surface area contributed by atoms with Crippen LogP contribution in [0.5, 0.6) is 0 Å². The van der Waals surface area contributed by atoms with Crippen LogP contribution in [-0.4, -0.2) is 24.1 Å². The monoisotopic (exact) mass is 237 g/mol. The maximum absolute atomic E-state index is 10.9. The Bertz CT molecular complexity index is 259. The molecule has 0 heterocycles. The average Bonchev–Trinajstić information content (AvgIpc) is 2.63. The zero-order chi connectivity index (χ0) is 13.0. The molecule has 0 amide bonds. The molecule has 1 saturated carbocycles. The van der Waals surface area contributed by atoms with Crippen molar-refractivity contribution in [2.24, 2.45) is 0 Å². The highest BCUT2D eigenvalue weighted by Gasteiger charge is 2.39. The Hall–Kier alpha value is -1.06. The summed E-state index contributed by atoms with van der Waals surface area (Å²) in [5.74, 6) is 1.08. The molecule has 93 valence electrons. The smallest absolute Gasteiger partial charge is 0.302 e. The molecule has 0 aromatic carbocycles. The quantitative estimate of drug-likeness (QED) is 0.698. The van der Waals surface area contributed by atoms with Crippen LogP contribution in [0.3, 0.4) is 0 Å². The predicted molar refractivity (Wildman–Crippen MR) is 61.8 cm³/mol. The largest absolute Gasteiger partial charge is 0.462 e. The summed E-state index contributed by atoms with van der Waals surface area (Å²) in [4.78, 5) is 21.8. The minimum atomic E-state index is -0.337. The highest BCUT2D eigenvalue weighted by atomic mass is 16.5. The molecule has 0 N–H and O–H groups in total. The fourth-order valence-electron chi connectivity index (χ4n) is 1.81. The van der Waals surface area contributed by atoms with Crippen LogP contribution >= 0.6 is 0 Å². The van der Waals surface area contributed by atoms with Gasteiger partial charge in [-0.25, -0.2) is 0 Å². The molecule has 0 aromatic heterocycles. The van der Waals surface area contributed by atoms with Gasteiger partial charge in [0.25, 0.3) is 0 Å². The molecule has 4 heteroatoms. The summed E-state index contributed by atoms with van der Waals surface area (Å²) in [6, 6.07) is 0. The lowest BCUT2D eigenvalue weighted by Gasteiger charge is -2.27. The third-order valence-electron chi connectivity index (χ3n) is 2.45. The molecule has 5 radical (unpaired) electrons. The van der Waals surface area contributed by atoms with Crippen LogP contribution in [0.15, 0.2) is 0 Å². The molecular weight excluding hydrogens is 220 g/mol. The van der Waals surface area contributed by atoms with Crippen molar-refractivity contribution in [3.63, 3.8) is 0 Å². The molecular formula is C13H17O4. The summed E-state index contributed by atoms with van der Waals surface area (Å²) in [6.07, 6.45) is 4.90. The first-order valence-corrected chi connectivity index (χ1v) is 5.51. The Morgan fingerprint density at radius 1 is 0.941 bits per heavy atom. The molecule has 17 heavy (non-hydrogen) atoms. The Morgan fingerprint density at radius 3 is 1.59 bits per heavy atom. The topological polar surface area (TPSA) is 52.6 Å². The highest BCUT2D eigenvalue weighted by molar-refractivity contribution is 5.68. The maximum Gasteiger partial charge on any atom is 0.302 e. The van der Waals surface area contributed by atoms with E-state index in [1.807, 2.05) is 19.3 Å². The van der Waals surface area contributed by atoms with Gasteiger partial charge in [0.05, 0.1) is 0 Å². The van der Waals surface area contributed by atoms with Gasteiger partial charge in [-0.3, -0.25) is 9.59 Å². The molecule has 1 aliphatic rings. The Kier molecular flexibility index (Phi) is 4.97. The third kappa shape index (κ3) is 4.02. The SMILES string of the molecule is CC(=O)O[C@@H](C)[C]1[CH][CH][CH][C]1[C@H](C)OC(C)=O. The van der Waals surface area contributed by atoms with Gasteiger partial charge in [0.2, 0.25) is 0 Å². The van der Waals surface area contributed by atoms with Crippen molar-refractivity contribution in [2.75, 3.05) is 0 Å². The molecule has 1 aliphatic carbocycles. The molecule has 0 saturated heterocycles. The first-order valence-electron chi connectivity index (χ1n) is 5.51. The van der Waals surface area contributed by atoms with Crippen LogP contribution in [0.4, 0.5) is 0 Å².